The lowest BCUT2D eigenvalue weighted by Crippen LogP contribution is -2.23. The molecule has 1 atom stereocenters. The zero-order valence-corrected chi connectivity index (χ0v) is 11.2. The van der Waals surface area contributed by atoms with Crippen molar-refractivity contribution in [1.29, 1.82) is 0 Å². The lowest BCUT2D eigenvalue weighted by molar-refractivity contribution is -0.000863. The molecule has 0 radical (unpaired) electrons. The zero-order chi connectivity index (χ0) is 15.1. The molecule has 21 heavy (non-hydrogen) atoms. The maximum Gasteiger partial charge on any atom is 0.198 e. The average molecular weight is 284 g/mol. The van der Waals surface area contributed by atoms with E-state index in [0.717, 1.165) is 0 Å². The Labute approximate surface area is 120 Å². The standard InChI is InChI=1S/C16H12O5/c1-8(17)21-12-7-6-11(18)13-14(12)16(20)10-5-3-2-4-9(10)15(13)19/h2-8,17-18H,1H3. The first kappa shape index (κ1) is 13.3. The van der Waals surface area contributed by atoms with Crippen LogP contribution in [0.4, 0.5) is 0 Å². The molecule has 2 aromatic carbocycles. The second-order valence-electron chi connectivity index (χ2n) is 4.75. The van der Waals surface area contributed by atoms with Crippen LogP contribution in [0, 0.1) is 0 Å². The Balaban J connectivity index is 2.29. The van der Waals surface area contributed by atoms with Gasteiger partial charge in [0, 0.05) is 11.1 Å². The van der Waals surface area contributed by atoms with E-state index >= 15 is 0 Å². The van der Waals surface area contributed by atoms with Crippen molar-refractivity contribution in [2.45, 2.75) is 13.2 Å². The largest absolute Gasteiger partial charge is 0.507 e. The van der Waals surface area contributed by atoms with Crippen LogP contribution in [0.3, 0.4) is 0 Å². The number of hydrogen-bond donors (Lipinski definition) is 2. The van der Waals surface area contributed by atoms with E-state index in [-0.39, 0.29) is 33.8 Å². The second-order valence-corrected chi connectivity index (χ2v) is 4.75. The van der Waals surface area contributed by atoms with Crippen molar-refractivity contribution in [2.75, 3.05) is 0 Å². The first-order valence-electron chi connectivity index (χ1n) is 6.40. The Morgan fingerprint density at radius 2 is 1.52 bits per heavy atom. The van der Waals surface area contributed by atoms with E-state index < -0.39 is 17.9 Å². The fourth-order valence-corrected chi connectivity index (χ4v) is 2.46. The van der Waals surface area contributed by atoms with Gasteiger partial charge < -0.3 is 14.9 Å². The number of aromatic hydroxyl groups is 1. The van der Waals surface area contributed by atoms with Gasteiger partial charge >= 0.3 is 0 Å². The van der Waals surface area contributed by atoms with Crippen molar-refractivity contribution in [3.8, 4) is 11.5 Å². The molecule has 1 unspecified atom stereocenters. The Kier molecular flexibility index (Phi) is 2.99. The summed E-state index contributed by atoms with van der Waals surface area (Å²) < 4.78 is 5.17. The van der Waals surface area contributed by atoms with E-state index in [2.05, 4.69) is 0 Å². The third-order valence-electron chi connectivity index (χ3n) is 3.31. The molecule has 1 aliphatic rings. The predicted octanol–water partition coefficient (Wildman–Crippen LogP) is 1.88. The SMILES string of the molecule is CC(O)Oc1ccc(O)c2c1C(=O)c1ccccc1C2=O. The number of phenols is 1. The highest BCUT2D eigenvalue weighted by Crippen LogP contribution is 2.38. The predicted molar refractivity (Wildman–Crippen MR) is 73.7 cm³/mol. The molecule has 0 aromatic heterocycles. The van der Waals surface area contributed by atoms with Gasteiger partial charge in [-0.25, -0.2) is 0 Å². The lowest BCUT2D eigenvalue weighted by atomic mass is 9.83. The number of ether oxygens (including phenoxy) is 1. The highest BCUT2D eigenvalue weighted by Gasteiger charge is 2.34. The van der Waals surface area contributed by atoms with Gasteiger partial charge in [-0.15, -0.1) is 0 Å². The van der Waals surface area contributed by atoms with Crippen molar-refractivity contribution in [1.82, 2.24) is 0 Å². The van der Waals surface area contributed by atoms with E-state index in [9.17, 15) is 19.8 Å². The molecular weight excluding hydrogens is 272 g/mol. The van der Waals surface area contributed by atoms with Gasteiger partial charge in [-0.05, 0) is 19.1 Å². The molecule has 106 valence electrons. The van der Waals surface area contributed by atoms with E-state index in [0.29, 0.717) is 0 Å². The molecule has 0 bridgehead atoms. The summed E-state index contributed by atoms with van der Waals surface area (Å²) in [5, 5.41) is 19.3. The number of rotatable bonds is 2. The average Bonchev–Trinajstić information content (AvgIpc) is 2.46. The molecule has 0 aliphatic heterocycles. The van der Waals surface area contributed by atoms with Crippen molar-refractivity contribution < 1.29 is 24.5 Å². The fourth-order valence-electron chi connectivity index (χ4n) is 2.46. The van der Waals surface area contributed by atoms with Gasteiger partial charge in [0.15, 0.2) is 17.9 Å². The zero-order valence-electron chi connectivity index (χ0n) is 11.2. The molecular formula is C16H12O5. The van der Waals surface area contributed by atoms with Gasteiger partial charge in [-0.2, -0.15) is 0 Å². The Morgan fingerprint density at radius 1 is 0.952 bits per heavy atom. The summed E-state index contributed by atoms with van der Waals surface area (Å²) >= 11 is 0. The molecule has 1 aliphatic carbocycles. The highest BCUT2D eigenvalue weighted by molar-refractivity contribution is 6.30. The van der Waals surface area contributed by atoms with Crippen LogP contribution in [-0.4, -0.2) is 28.1 Å². The van der Waals surface area contributed by atoms with Gasteiger partial charge in [-0.1, -0.05) is 24.3 Å². The van der Waals surface area contributed by atoms with Gasteiger partial charge in [0.05, 0.1) is 11.1 Å². The van der Waals surface area contributed by atoms with E-state index in [1.807, 2.05) is 0 Å². The number of carbonyl (C=O) groups excluding carboxylic acids is 2. The van der Waals surface area contributed by atoms with Crippen molar-refractivity contribution >= 4 is 11.6 Å². The number of aliphatic hydroxyl groups is 1. The highest BCUT2D eigenvalue weighted by atomic mass is 16.6. The molecule has 0 fully saturated rings. The molecule has 0 heterocycles. The summed E-state index contributed by atoms with van der Waals surface area (Å²) in [5.41, 5.74) is 0.409. The molecule has 0 amide bonds. The number of carbonyl (C=O) groups is 2. The normalized spacial score (nSPS) is 14.4. The first-order chi connectivity index (χ1) is 10.0. The summed E-state index contributed by atoms with van der Waals surface area (Å²) in [6, 6.07) is 9.04. The molecule has 5 heteroatoms. The van der Waals surface area contributed by atoms with Crippen molar-refractivity contribution in [3.05, 3.63) is 58.7 Å². The third-order valence-corrected chi connectivity index (χ3v) is 3.31. The van der Waals surface area contributed by atoms with E-state index in [1.54, 1.807) is 24.3 Å². The quantitative estimate of drug-likeness (QED) is 0.702. The summed E-state index contributed by atoms with van der Waals surface area (Å²) in [6.07, 6.45) is -1.14. The smallest absolute Gasteiger partial charge is 0.198 e. The topological polar surface area (TPSA) is 83.8 Å². The molecule has 5 nitrogen and oxygen atoms in total. The fraction of sp³-hybridized carbons (Fsp3) is 0.125. The van der Waals surface area contributed by atoms with E-state index in [4.69, 9.17) is 4.74 Å². The van der Waals surface area contributed by atoms with E-state index in [1.165, 1.54) is 19.1 Å². The summed E-state index contributed by atoms with van der Waals surface area (Å²) in [7, 11) is 0. The monoisotopic (exact) mass is 284 g/mol. The summed E-state index contributed by atoms with van der Waals surface area (Å²) in [4.78, 5) is 25.1. The minimum absolute atomic E-state index is 0.0143. The minimum atomic E-state index is -1.14. The first-order valence-corrected chi connectivity index (χ1v) is 6.40. The summed E-state index contributed by atoms with van der Waals surface area (Å²) in [5.74, 6) is -1.05. The minimum Gasteiger partial charge on any atom is -0.507 e. The number of hydrogen-bond acceptors (Lipinski definition) is 5. The molecule has 2 N–H and O–H groups in total. The van der Waals surface area contributed by atoms with Crippen LogP contribution in [0.1, 0.15) is 38.8 Å². The van der Waals surface area contributed by atoms with Crippen LogP contribution < -0.4 is 4.74 Å². The van der Waals surface area contributed by atoms with Crippen LogP contribution in [0.2, 0.25) is 0 Å². The van der Waals surface area contributed by atoms with Crippen molar-refractivity contribution in [2.24, 2.45) is 0 Å². The van der Waals surface area contributed by atoms with Crippen molar-refractivity contribution in [3.63, 3.8) is 0 Å². The van der Waals surface area contributed by atoms with Crippen LogP contribution >= 0.6 is 0 Å². The van der Waals surface area contributed by atoms with Gasteiger partial charge in [0.25, 0.3) is 0 Å². The van der Waals surface area contributed by atoms with Crippen LogP contribution in [-0.2, 0) is 0 Å². The van der Waals surface area contributed by atoms with Crippen LogP contribution in [0.25, 0.3) is 0 Å². The number of ketones is 2. The van der Waals surface area contributed by atoms with Crippen LogP contribution in [0.5, 0.6) is 11.5 Å². The maximum absolute atomic E-state index is 12.6. The van der Waals surface area contributed by atoms with Gasteiger partial charge in [0.1, 0.15) is 11.5 Å². The molecule has 0 saturated carbocycles. The summed E-state index contributed by atoms with van der Waals surface area (Å²) in [6.45, 7) is 1.39. The van der Waals surface area contributed by atoms with Gasteiger partial charge in [-0.3, -0.25) is 9.59 Å². The Bertz CT molecular complexity index is 761. The third kappa shape index (κ3) is 1.98. The molecule has 0 saturated heterocycles. The lowest BCUT2D eigenvalue weighted by Gasteiger charge is -2.21. The Morgan fingerprint density at radius 3 is 2.10 bits per heavy atom. The van der Waals surface area contributed by atoms with Crippen LogP contribution in [0.15, 0.2) is 36.4 Å². The maximum atomic E-state index is 12.6. The molecule has 2 aromatic rings. The molecule has 0 spiro atoms. The second kappa shape index (κ2) is 4.71. The molecule has 3 rings (SSSR count). The number of benzene rings is 2. The number of fused-ring (bicyclic) bond motifs is 2. The van der Waals surface area contributed by atoms with Gasteiger partial charge in [0.2, 0.25) is 0 Å². The Hall–Kier alpha value is -2.66. The number of aliphatic hydroxyl groups excluding tert-OH is 1. The number of phenolic OH excluding ortho intramolecular Hbond substituents is 1.